The third-order valence-electron chi connectivity index (χ3n) is 4.60. The molecule has 1 amide bonds. The lowest BCUT2D eigenvalue weighted by molar-refractivity contribution is 0.0942. The van der Waals surface area contributed by atoms with Gasteiger partial charge in [0, 0.05) is 27.7 Å². The smallest absolute Gasteiger partial charge is 0.252 e. The van der Waals surface area contributed by atoms with E-state index in [4.69, 9.17) is 11.6 Å². The summed E-state index contributed by atoms with van der Waals surface area (Å²) in [6.45, 7) is 0. The van der Waals surface area contributed by atoms with E-state index in [1.807, 2.05) is 54.6 Å². The van der Waals surface area contributed by atoms with Gasteiger partial charge in [-0.25, -0.2) is 0 Å². The summed E-state index contributed by atoms with van der Waals surface area (Å²) < 4.78 is 0. The molecule has 0 aliphatic rings. The van der Waals surface area contributed by atoms with Crippen LogP contribution in [0.15, 0.2) is 85.1 Å². The van der Waals surface area contributed by atoms with E-state index < -0.39 is 6.04 Å². The number of carbonyl (C=O) groups is 1. The van der Waals surface area contributed by atoms with Crippen LogP contribution in [0.3, 0.4) is 0 Å². The molecule has 3 aromatic carbocycles. The van der Waals surface area contributed by atoms with Crippen LogP contribution in [-0.4, -0.2) is 16.0 Å². The number of rotatable bonds is 4. The first kappa shape index (κ1) is 18.0. The highest BCUT2D eigenvalue weighted by Gasteiger charge is 2.22. The van der Waals surface area contributed by atoms with Gasteiger partial charge in [0.1, 0.15) is 11.3 Å². The lowest BCUT2D eigenvalue weighted by atomic mass is 9.96. The van der Waals surface area contributed by atoms with Crippen molar-refractivity contribution in [1.82, 2.24) is 10.3 Å². The summed E-state index contributed by atoms with van der Waals surface area (Å²) in [6.07, 6.45) is 1.63. The maximum absolute atomic E-state index is 12.8. The minimum Gasteiger partial charge on any atom is -0.505 e. The molecule has 1 atom stereocenters. The number of nitrogens with one attached hydrogen (secondary N) is 1. The molecule has 0 aliphatic carbocycles. The van der Waals surface area contributed by atoms with E-state index in [1.165, 1.54) is 0 Å². The van der Waals surface area contributed by atoms with Crippen LogP contribution in [0, 0.1) is 0 Å². The molecule has 4 nitrogen and oxygen atoms in total. The van der Waals surface area contributed by atoms with Crippen molar-refractivity contribution in [3.05, 3.63) is 107 Å². The SMILES string of the molecule is O=C(NC(c1ccc(Cl)cc1)c1ccc2cccnc2c1O)c1ccccc1. The Hall–Kier alpha value is -3.37. The first-order valence-electron chi connectivity index (χ1n) is 8.81. The van der Waals surface area contributed by atoms with E-state index in [9.17, 15) is 9.90 Å². The molecule has 28 heavy (non-hydrogen) atoms. The topological polar surface area (TPSA) is 62.2 Å². The normalized spacial score (nSPS) is 11.9. The van der Waals surface area contributed by atoms with Gasteiger partial charge in [-0.15, -0.1) is 0 Å². The second-order valence-corrected chi connectivity index (χ2v) is 6.84. The molecule has 0 saturated carbocycles. The van der Waals surface area contributed by atoms with Crippen molar-refractivity contribution < 1.29 is 9.90 Å². The molecule has 4 rings (SSSR count). The molecule has 5 heteroatoms. The predicted octanol–water partition coefficient (Wildman–Crippen LogP) is 5.11. The summed E-state index contributed by atoms with van der Waals surface area (Å²) in [7, 11) is 0. The van der Waals surface area contributed by atoms with Gasteiger partial charge in [0.15, 0.2) is 0 Å². The third-order valence-corrected chi connectivity index (χ3v) is 4.86. The van der Waals surface area contributed by atoms with E-state index in [-0.39, 0.29) is 11.7 Å². The molecule has 1 unspecified atom stereocenters. The molecular weight excluding hydrogens is 372 g/mol. The molecular formula is C23H17ClN2O2. The first-order chi connectivity index (χ1) is 13.6. The Balaban J connectivity index is 1.80. The zero-order valence-corrected chi connectivity index (χ0v) is 15.6. The Morgan fingerprint density at radius 1 is 0.929 bits per heavy atom. The summed E-state index contributed by atoms with van der Waals surface area (Å²) in [5.74, 6) is -0.188. The highest BCUT2D eigenvalue weighted by atomic mass is 35.5. The standard InChI is InChI=1S/C23H17ClN2O2/c24-18-11-8-16(9-12-18)20(26-23(28)17-5-2-1-3-6-17)19-13-10-15-7-4-14-25-21(15)22(19)27/h1-14,20,27H,(H,26,28). The number of hydrogen-bond donors (Lipinski definition) is 2. The van der Waals surface area contributed by atoms with E-state index in [2.05, 4.69) is 10.3 Å². The van der Waals surface area contributed by atoms with Crippen LogP contribution in [-0.2, 0) is 0 Å². The number of phenolic OH excluding ortho intramolecular Hbond substituents is 1. The fourth-order valence-electron chi connectivity index (χ4n) is 3.18. The van der Waals surface area contributed by atoms with Crippen LogP contribution in [0.25, 0.3) is 10.9 Å². The first-order valence-corrected chi connectivity index (χ1v) is 9.19. The Morgan fingerprint density at radius 2 is 1.68 bits per heavy atom. The van der Waals surface area contributed by atoms with Crippen LogP contribution >= 0.6 is 11.6 Å². The largest absolute Gasteiger partial charge is 0.505 e. The van der Waals surface area contributed by atoms with Crippen molar-refractivity contribution in [2.24, 2.45) is 0 Å². The lowest BCUT2D eigenvalue weighted by Gasteiger charge is -2.21. The average Bonchev–Trinajstić information content (AvgIpc) is 2.74. The van der Waals surface area contributed by atoms with Crippen molar-refractivity contribution in [1.29, 1.82) is 0 Å². The summed E-state index contributed by atoms with van der Waals surface area (Å²) in [5.41, 5.74) is 2.41. The minimum atomic E-state index is -0.559. The van der Waals surface area contributed by atoms with Gasteiger partial charge in [-0.1, -0.05) is 60.1 Å². The van der Waals surface area contributed by atoms with Crippen LogP contribution in [0.2, 0.25) is 5.02 Å². The summed E-state index contributed by atoms with van der Waals surface area (Å²) in [6, 6.07) is 23.0. The van der Waals surface area contributed by atoms with E-state index in [0.717, 1.165) is 10.9 Å². The molecule has 0 aliphatic heterocycles. The van der Waals surface area contributed by atoms with Crippen LogP contribution < -0.4 is 5.32 Å². The Kier molecular flexibility index (Phi) is 4.96. The average molecular weight is 389 g/mol. The van der Waals surface area contributed by atoms with Gasteiger partial charge in [-0.3, -0.25) is 9.78 Å². The van der Waals surface area contributed by atoms with Crippen molar-refractivity contribution in [3.8, 4) is 5.75 Å². The second-order valence-electron chi connectivity index (χ2n) is 6.40. The summed E-state index contributed by atoms with van der Waals surface area (Å²) in [4.78, 5) is 17.1. The molecule has 0 saturated heterocycles. The zero-order chi connectivity index (χ0) is 19.5. The van der Waals surface area contributed by atoms with E-state index in [0.29, 0.717) is 21.7 Å². The predicted molar refractivity (Wildman–Crippen MR) is 111 cm³/mol. The molecule has 4 aromatic rings. The van der Waals surface area contributed by atoms with Crippen molar-refractivity contribution in [3.63, 3.8) is 0 Å². The van der Waals surface area contributed by atoms with Gasteiger partial charge >= 0.3 is 0 Å². The molecule has 0 bridgehead atoms. The number of phenols is 1. The molecule has 2 N–H and O–H groups in total. The Morgan fingerprint density at radius 3 is 2.43 bits per heavy atom. The number of pyridine rings is 1. The number of amides is 1. The van der Waals surface area contributed by atoms with Gasteiger partial charge in [-0.05, 0) is 35.9 Å². The van der Waals surface area contributed by atoms with E-state index in [1.54, 1.807) is 30.5 Å². The number of halogens is 1. The molecule has 0 radical (unpaired) electrons. The van der Waals surface area contributed by atoms with Gasteiger partial charge in [0.25, 0.3) is 5.91 Å². The number of carbonyl (C=O) groups excluding carboxylic acids is 1. The third kappa shape index (κ3) is 3.55. The Labute approximate surface area is 167 Å². The number of hydrogen-bond acceptors (Lipinski definition) is 3. The quantitative estimate of drug-likeness (QED) is 0.510. The van der Waals surface area contributed by atoms with Crippen LogP contribution in [0.5, 0.6) is 5.75 Å². The van der Waals surface area contributed by atoms with Gasteiger partial charge in [0.2, 0.25) is 0 Å². The van der Waals surface area contributed by atoms with Crippen molar-refractivity contribution in [2.75, 3.05) is 0 Å². The second kappa shape index (κ2) is 7.71. The molecule has 138 valence electrons. The summed E-state index contributed by atoms with van der Waals surface area (Å²) >= 11 is 6.03. The van der Waals surface area contributed by atoms with Gasteiger partial charge in [-0.2, -0.15) is 0 Å². The van der Waals surface area contributed by atoms with Crippen LogP contribution in [0.1, 0.15) is 27.5 Å². The number of aromatic nitrogens is 1. The molecule has 0 spiro atoms. The van der Waals surface area contributed by atoms with Gasteiger partial charge in [0.05, 0.1) is 6.04 Å². The molecule has 1 aromatic heterocycles. The minimum absolute atomic E-state index is 0.0476. The number of nitrogens with zero attached hydrogens (tertiary/aromatic N) is 1. The lowest BCUT2D eigenvalue weighted by Crippen LogP contribution is -2.29. The highest BCUT2D eigenvalue weighted by Crippen LogP contribution is 2.35. The van der Waals surface area contributed by atoms with E-state index >= 15 is 0 Å². The highest BCUT2D eigenvalue weighted by molar-refractivity contribution is 6.30. The molecule has 0 fully saturated rings. The Bertz CT molecular complexity index is 1130. The van der Waals surface area contributed by atoms with Crippen molar-refractivity contribution in [2.45, 2.75) is 6.04 Å². The fourth-order valence-corrected chi connectivity index (χ4v) is 3.30. The van der Waals surface area contributed by atoms with Gasteiger partial charge < -0.3 is 10.4 Å². The maximum Gasteiger partial charge on any atom is 0.252 e. The number of fused-ring (bicyclic) bond motifs is 1. The number of benzene rings is 3. The number of aromatic hydroxyl groups is 1. The molecule has 1 heterocycles. The maximum atomic E-state index is 12.8. The monoisotopic (exact) mass is 388 g/mol. The fraction of sp³-hybridized carbons (Fsp3) is 0.0435. The van der Waals surface area contributed by atoms with Crippen LogP contribution in [0.4, 0.5) is 0 Å². The van der Waals surface area contributed by atoms with Crippen molar-refractivity contribution >= 4 is 28.4 Å². The zero-order valence-electron chi connectivity index (χ0n) is 14.8. The summed E-state index contributed by atoms with van der Waals surface area (Å²) in [5, 5.41) is 15.3.